The lowest BCUT2D eigenvalue weighted by atomic mass is 9.98. The monoisotopic (exact) mass is 472 g/mol. The summed E-state index contributed by atoms with van der Waals surface area (Å²) in [4.78, 5) is 39.0. The van der Waals surface area contributed by atoms with Gasteiger partial charge in [-0.05, 0) is 50.3 Å². The Morgan fingerprint density at radius 3 is 2.67 bits per heavy atom. The molecular formula is C26H32O6S. The molecule has 1 atom stereocenters. The van der Waals surface area contributed by atoms with Crippen molar-refractivity contribution >= 4 is 29.2 Å². The zero-order chi connectivity index (χ0) is 24.4. The van der Waals surface area contributed by atoms with Crippen LogP contribution in [0.2, 0.25) is 0 Å². The first-order valence-electron chi connectivity index (χ1n) is 11.3. The standard InChI is InChI=1S/C26H32O6S/c1-5-7-11-19-13-14-20(33-19)15-18(6-2)25(29)24-21(27)16-22(32-26(24)30)17(3)10-8-9-12-23(28)31-4/h9,12-17,27H,5-8,10-11H2,1-4H3. The van der Waals surface area contributed by atoms with Crippen LogP contribution in [0.4, 0.5) is 0 Å². The molecule has 2 aromatic heterocycles. The van der Waals surface area contributed by atoms with Gasteiger partial charge in [-0.1, -0.05) is 33.3 Å². The molecule has 0 aromatic carbocycles. The van der Waals surface area contributed by atoms with E-state index in [1.807, 2.05) is 19.9 Å². The number of ether oxygens (including phenoxy) is 1. The maximum absolute atomic E-state index is 13.0. The number of unbranched alkanes of at least 4 members (excludes halogenated alkanes) is 1. The van der Waals surface area contributed by atoms with Gasteiger partial charge in [0.15, 0.2) is 5.78 Å². The van der Waals surface area contributed by atoms with Gasteiger partial charge in [0, 0.05) is 33.4 Å². The zero-order valence-electron chi connectivity index (χ0n) is 19.7. The largest absolute Gasteiger partial charge is 0.507 e. The van der Waals surface area contributed by atoms with Gasteiger partial charge in [-0.25, -0.2) is 9.59 Å². The van der Waals surface area contributed by atoms with Crippen molar-refractivity contribution < 1.29 is 23.8 Å². The fourth-order valence-electron chi connectivity index (χ4n) is 3.30. The van der Waals surface area contributed by atoms with Crippen LogP contribution >= 0.6 is 11.3 Å². The lowest BCUT2D eigenvalue weighted by Crippen LogP contribution is -2.17. The van der Waals surface area contributed by atoms with Crippen LogP contribution in [0.25, 0.3) is 6.08 Å². The van der Waals surface area contributed by atoms with E-state index in [4.69, 9.17) is 4.42 Å². The van der Waals surface area contributed by atoms with Gasteiger partial charge < -0.3 is 14.3 Å². The summed E-state index contributed by atoms with van der Waals surface area (Å²) in [6, 6.07) is 5.37. The van der Waals surface area contributed by atoms with E-state index in [1.54, 1.807) is 23.5 Å². The molecule has 178 valence electrons. The number of aromatic hydroxyl groups is 1. The molecule has 6 nitrogen and oxygen atoms in total. The molecule has 2 rings (SSSR count). The van der Waals surface area contributed by atoms with Crippen LogP contribution in [-0.2, 0) is 16.0 Å². The summed E-state index contributed by atoms with van der Waals surface area (Å²) in [6.07, 6.45) is 9.60. The van der Waals surface area contributed by atoms with Gasteiger partial charge in [-0.2, -0.15) is 0 Å². The lowest BCUT2D eigenvalue weighted by molar-refractivity contribution is -0.134. The third kappa shape index (κ3) is 7.56. The van der Waals surface area contributed by atoms with E-state index in [9.17, 15) is 19.5 Å². The highest BCUT2D eigenvalue weighted by molar-refractivity contribution is 7.12. The van der Waals surface area contributed by atoms with E-state index < -0.39 is 17.4 Å². The fourth-order valence-corrected chi connectivity index (χ4v) is 4.33. The van der Waals surface area contributed by atoms with Crippen LogP contribution in [0.5, 0.6) is 5.75 Å². The van der Waals surface area contributed by atoms with Crippen LogP contribution in [-0.4, -0.2) is 24.0 Å². The van der Waals surface area contributed by atoms with Crippen LogP contribution in [0, 0.1) is 0 Å². The lowest BCUT2D eigenvalue weighted by Gasteiger charge is -2.11. The molecule has 0 aliphatic carbocycles. The third-order valence-electron chi connectivity index (χ3n) is 5.33. The highest BCUT2D eigenvalue weighted by Gasteiger charge is 2.23. The van der Waals surface area contributed by atoms with Gasteiger partial charge >= 0.3 is 11.6 Å². The van der Waals surface area contributed by atoms with Gasteiger partial charge in [0.25, 0.3) is 0 Å². The molecule has 0 saturated heterocycles. The van der Waals surface area contributed by atoms with Crippen molar-refractivity contribution in [3.63, 3.8) is 0 Å². The number of hydrogen-bond acceptors (Lipinski definition) is 7. The molecule has 33 heavy (non-hydrogen) atoms. The highest BCUT2D eigenvalue weighted by Crippen LogP contribution is 2.28. The Morgan fingerprint density at radius 2 is 2.03 bits per heavy atom. The van der Waals surface area contributed by atoms with Gasteiger partial charge in [0.2, 0.25) is 0 Å². The number of hydrogen-bond donors (Lipinski definition) is 1. The van der Waals surface area contributed by atoms with E-state index in [0.29, 0.717) is 30.6 Å². The first-order valence-corrected chi connectivity index (χ1v) is 12.1. The summed E-state index contributed by atoms with van der Waals surface area (Å²) in [5.74, 6) is -1.23. The van der Waals surface area contributed by atoms with E-state index in [0.717, 1.165) is 24.1 Å². The number of ketones is 1. The average Bonchev–Trinajstić information content (AvgIpc) is 3.25. The fraction of sp³-hybridized carbons (Fsp3) is 0.423. The molecule has 0 amide bonds. The Balaban J connectivity index is 2.19. The van der Waals surface area contributed by atoms with Gasteiger partial charge in [-0.3, -0.25) is 4.79 Å². The molecule has 0 spiro atoms. The van der Waals surface area contributed by atoms with Gasteiger partial charge in [0.1, 0.15) is 17.1 Å². The first kappa shape index (κ1) is 26.3. The summed E-state index contributed by atoms with van der Waals surface area (Å²) in [5, 5.41) is 10.5. The highest BCUT2D eigenvalue weighted by atomic mass is 32.1. The summed E-state index contributed by atoms with van der Waals surface area (Å²) in [5.41, 5.74) is -0.747. The van der Waals surface area contributed by atoms with Crippen molar-refractivity contribution in [1.29, 1.82) is 0 Å². The number of esters is 1. The van der Waals surface area contributed by atoms with Gasteiger partial charge in [0.05, 0.1) is 7.11 Å². The van der Waals surface area contributed by atoms with Crippen molar-refractivity contribution in [1.82, 2.24) is 0 Å². The van der Waals surface area contributed by atoms with Crippen molar-refractivity contribution in [3.05, 3.63) is 67.4 Å². The molecule has 0 fully saturated rings. The Morgan fingerprint density at radius 1 is 1.27 bits per heavy atom. The molecule has 0 radical (unpaired) electrons. The van der Waals surface area contributed by atoms with Crippen molar-refractivity contribution in [3.8, 4) is 5.75 Å². The first-order chi connectivity index (χ1) is 15.8. The Bertz CT molecular complexity index is 1070. The minimum atomic E-state index is -0.846. The molecule has 1 unspecified atom stereocenters. The number of thiophene rings is 1. The minimum Gasteiger partial charge on any atom is -0.507 e. The topological polar surface area (TPSA) is 93.8 Å². The van der Waals surface area contributed by atoms with Crippen LogP contribution < -0.4 is 5.63 Å². The average molecular weight is 473 g/mol. The summed E-state index contributed by atoms with van der Waals surface area (Å²) in [6.45, 7) is 5.83. The molecule has 0 aliphatic heterocycles. The number of methoxy groups -OCH3 is 1. The molecular weight excluding hydrogens is 440 g/mol. The number of carbonyl (C=O) groups excluding carboxylic acids is 2. The number of allylic oxidation sites excluding steroid dienone is 2. The van der Waals surface area contributed by atoms with Crippen LogP contribution in [0.15, 0.2) is 45.1 Å². The number of rotatable bonds is 12. The smallest absolute Gasteiger partial charge is 0.351 e. The molecule has 0 saturated carbocycles. The molecule has 0 aliphatic rings. The predicted octanol–water partition coefficient (Wildman–Crippen LogP) is 6.04. The van der Waals surface area contributed by atoms with Crippen molar-refractivity contribution in [2.24, 2.45) is 0 Å². The van der Waals surface area contributed by atoms with Crippen molar-refractivity contribution in [2.75, 3.05) is 7.11 Å². The number of Topliss-reactive ketones (excluding diaryl/α,β-unsaturated/α-hetero) is 1. The third-order valence-corrected chi connectivity index (χ3v) is 6.42. The Labute approximate surface area is 198 Å². The second-order valence-corrected chi connectivity index (χ2v) is 9.06. The van der Waals surface area contributed by atoms with E-state index in [2.05, 4.69) is 17.7 Å². The molecule has 7 heteroatoms. The van der Waals surface area contributed by atoms with E-state index in [1.165, 1.54) is 24.1 Å². The Kier molecular flexibility index (Phi) is 10.3. The molecule has 1 N–H and O–H groups in total. The normalized spacial score (nSPS) is 12.8. The van der Waals surface area contributed by atoms with E-state index in [-0.39, 0.29) is 17.2 Å². The van der Waals surface area contributed by atoms with Crippen molar-refractivity contribution in [2.45, 2.75) is 65.2 Å². The number of aryl methyl sites for hydroxylation is 1. The molecule has 2 heterocycles. The van der Waals surface area contributed by atoms with Crippen LogP contribution in [0.1, 0.15) is 84.7 Å². The molecule has 0 bridgehead atoms. The zero-order valence-corrected chi connectivity index (χ0v) is 20.5. The Hall–Kier alpha value is -2.93. The summed E-state index contributed by atoms with van der Waals surface area (Å²) >= 11 is 1.63. The summed E-state index contributed by atoms with van der Waals surface area (Å²) in [7, 11) is 1.31. The summed E-state index contributed by atoms with van der Waals surface area (Å²) < 4.78 is 9.93. The van der Waals surface area contributed by atoms with E-state index >= 15 is 0 Å². The second kappa shape index (κ2) is 12.9. The maximum Gasteiger partial charge on any atom is 0.351 e. The maximum atomic E-state index is 13.0. The quantitative estimate of drug-likeness (QED) is 0.230. The minimum absolute atomic E-state index is 0.191. The second-order valence-electron chi connectivity index (χ2n) is 7.86. The molecule has 2 aromatic rings. The number of carbonyl (C=O) groups is 2. The van der Waals surface area contributed by atoms with Crippen LogP contribution in [0.3, 0.4) is 0 Å². The SMILES string of the molecule is CCCCc1ccc(C=C(CC)C(=O)c2c(O)cc(C(C)CCC=CC(=O)OC)oc2=O)s1. The predicted molar refractivity (Wildman–Crippen MR) is 131 cm³/mol. The van der Waals surface area contributed by atoms with Gasteiger partial charge in [-0.15, -0.1) is 11.3 Å².